The minimum Gasteiger partial charge on any atom is -0.480 e. The molecule has 21 heavy (non-hydrogen) atoms. The van der Waals surface area contributed by atoms with Gasteiger partial charge < -0.3 is 10.0 Å². The SMILES string of the molecule is CC(C)C[C@@H](C(=O)O)N(Cc1ccccc1)C(=O)CCS. The molecule has 0 radical (unpaired) electrons. The van der Waals surface area contributed by atoms with Gasteiger partial charge in [-0.1, -0.05) is 44.2 Å². The van der Waals surface area contributed by atoms with Gasteiger partial charge in [0.15, 0.2) is 0 Å². The highest BCUT2D eigenvalue weighted by molar-refractivity contribution is 7.80. The first-order chi connectivity index (χ1) is 9.95. The zero-order valence-electron chi connectivity index (χ0n) is 12.5. The van der Waals surface area contributed by atoms with E-state index in [2.05, 4.69) is 12.6 Å². The molecule has 1 rings (SSSR count). The zero-order chi connectivity index (χ0) is 15.8. The number of carboxylic acid groups (broad SMARTS) is 1. The zero-order valence-corrected chi connectivity index (χ0v) is 13.4. The topological polar surface area (TPSA) is 57.6 Å². The molecule has 0 aliphatic heterocycles. The van der Waals surface area contributed by atoms with Crippen LogP contribution in [0.1, 0.15) is 32.3 Å². The Morgan fingerprint density at radius 2 is 1.86 bits per heavy atom. The summed E-state index contributed by atoms with van der Waals surface area (Å²) < 4.78 is 0. The van der Waals surface area contributed by atoms with Crippen molar-refractivity contribution in [3.05, 3.63) is 35.9 Å². The lowest BCUT2D eigenvalue weighted by Crippen LogP contribution is -2.45. The summed E-state index contributed by atoms with van der Waals surface area (Å²) >= 11 is 4.08. The van der Waals surface area contributed by atoms with Crippen molar-refractivity contribution in [1.29, 1.82) is 0 Å². The van der Waals surface area contributed by atoms with Gasteiger partial charge in [0, 0.05) is 13.0 Å². The van der Waals surface area contributed by atoms with Gasteiger partial charge >= 0.3 is 5.97 Å². The number of carbonyl (C=O) groups excluding carboxylic acids is 1. The molecule has 0 unspecified atom stereocenters. The fourth-order valence-corrected chi connectivity index (χ4v) is 2.39. The third-order valence-corrected chi connectivity index (χ3v) is 3.42. The number of rotatable bonds is 8. The Bertz CT molecular complexity index is 462. The Morgan fingerprint density at radius 1 is 1.24 bits per heavy atom. The number of carbonyl (C=O) groups is 2. The molecular weight excluding hydrogens is 286 g/mol. The van der Waals surface area contributed by atoms with Crippen LogP contribution < -0.4 is 0 Å². The maximum atomic E-state index is 12.3. The van der Waals surface area contributed by atoms with Crippen molar-refractivity contribution in [1.82, 2.24) is 4.90 Å². The van der Waals surface area contributed by atoms with E-state index in [9.17, 15) is 14.7 Å². The summed E-state index contributed by atoms with van der Waals surface area (Å²) in [5.74, 6) is -0.500. The molecule has 5 heteroatoms. The summed E-state index contributed by atoms with van der Waals surface area (Å²) in [4.78, 5) is 25.3. The van der Waals surface area contributed by atoms with Crippen LogP contribution in [0.5, 0.6) is 0 Å². The number of hydrogen-bond donors (Lipinski definition) is 2. The molecule has 0 saturated heterocycles. The standard InChI is InChI=1S/C16H23NO3S/c1-12(2)10-14(16(19)20)17(15(18)8-9-21)11-13-6-4-3-5-7-13/h3-7,12,14,21H,8-11H2,1-2H3,(H,19,20)/t14-/m0/s1. The molecule has 0 spiro atoms. The predicted molar refractivity (Wildman–Crippen MR) is 86.3 cm³/mol. The Kier molecular flexibility index (Phi) is 7.29. The summed E-state index contributed by atoms with van der Waals surface area (Å²) in [5.41, 5.74) is 0.931. The molecule has 1 atom stereocenters. The highest BCUT2D eigenvalue weighted by atomic mass is 32.1. The number of hydrogen-bond acceptors (Lipinski definition) is 3. The Balaban J connectivity index is 2.98. The lowest BCUT2D eigenvalue weighted by molar-refractivity contribution is -0.151. The van der Waals surface area contributed by atoms with Crippen molar-refractivity contribution < 1.29 is 14.7 Å². The van der Waals surface area contributed by atoms with Crippen LogP contribution >= 0.6 is 12.6 Å². The number of amides is 1. The normalized spacial score (nSPS) is 12.2. The molecule has 1 aromatic rings. The first-order valence-corrected chi connectivity index (χ1v) is 7.76. The first-order valence-electron chi connectivity index (χ1n) is 7.12. The van der Waals surface area contributed by atoms with Crippen molar-refractivity contribution in [2.45, 2.75) is 39.3 Å². The summed E-state index contributed by atoms with van der Waals surface area (Å²) in [6, 6.07) is 8.66. The van der Waals surface area contributed by atoms with E-state index in [0.29, 0.717) is 18.7 Å². The van der Waals surface area contributed by atoms with Crippen molar-refractivity contribution >= 4 is 24.5 Å². The van der Waals surface area contributed by atoms with Gasteiger partial charge in [0.1, 0.15) is 6.04 Å². The molecule has 0 fully saturated rings. The van der Waals surface area contributed by atoms with E-state index in [-0.39, 0.29) is 18.2 Å². The average Bonchev–Trinajstić information content (AvgIpc) is 2.43. The lowest BCUT2D eigenvalue weighted by atomic mass is 10.0. The van der Waals surface area contributed by atoms with Crippen LogP contribution in [0.15, 0.2) is 30.3 Å². The quantitative estimate of drug-likeness (QED) is 0.726. The molecule has 0 heterocycles. The van der Waals surface area contributed by atoms with Gasteiger partial charge in [-0.25, -0.2) is 4.79 Å². The van der Waals surface area contributed by atoms with Crippen LogP contribution in [0, 0.1) is 5.92 Å². The van der Waals surface area contributed by atoms with Gasteiger partial charge in [-0.05, 0) is 23.7 Å². The van der Waals surface area contributed by atoms with Gasteiger partial charge in [-0.2, -0.15) is 12.6 Å². The van der Waals surface area contributed by atoms with E-state index in [4.69, 9.17) is 0 Å². The summed E-state index contributed by atoms with van der Waals surface area (Å²) in [7, 11) is 0. The summed E-state index contributed by atoms with van der Waals surface area (Å²) in [6.45, 7) is 4.23. The molecule has 116 valence electrons. The van der Waals surface area contributed by atoms with Gasteiger partial charge in [-0.15, -0.1) is 0 Å². The number of carboxylic acids is 1. The van der Waals surface area contributed by atoms with Crippen LogP contribution in [0.4, 0.5) is 0 Å². The minimum atomic E-state index is -0.952. The Hall–Kier alpha value is -1.49. The second-order valence-corrected chi connectivity index (χ2v) is 5.91. The number of benzene rings is 1. The fraction of sp³-hybridized carbons (Fsp3) is 0.500. The fourth-order valence-electron chi connectivity index (χ4n) is 2.20. The smallest absolute Gasteiger partial charge is 0.326 e. The van der Waals surface area contributed by atoms with Crippen molar-refractivity contribution in [2.75, 3.05) is 5.75 Å². The van der Waals surface area contributed by atoms with E-state index in [1.807, 2.05) is 44.2 Å². The number of nitrogens with zero attached hydrogens (tertiary/aromatic N) is 1. The maximum Gasteiger partial charge on any atom is 0.326 e. The Morgan fingerprint density at radius 3 is 2.33 bits per heavy atom. The third kappa shape index (κ3) is 5.79. The minimum absolute atomic E-state index is 0.165. The van der Waals surface area contributed by atoms with Crippen molar-refractivity contribution in [3.63, 3.8) is 0 Å². The molecule has 0 saturated carbocycles. The number of thiol groups is 1. The molecule has 0 aliphatic rings. The molecule has 1 N–H and O–H groups in total. The molecule has 1 amide bonds. The van der Waals surface area contributed by atoms with E-state index in [1.165, 1.54) is 4.90 Å². The molecule has 0 aliphatic carbocycles. The maximum absolute atomic E-state index is 12.3. The largest absolute Gasteiger partial charge is 0.480 e. The summed E-state index contributed by atoms with van der Waals surface area (Å²) in [5, 5.41) is 9.47. The van der Waals surface area contributed by atoms with Crippen molar-refractivity contribution in [2.24, 2.45) is 5.92 Å². The van der Waals surface area contributed by atoms with Crippen LogP contribution in [0.25, 0.3) is 0 Å². The van der Waals surface area contributed by atoms with E-state index in [1.54, 1.807) is 0 Å². The molecular formula is C16H23NO3S. The second kappa shape index (κ2) is 8.72. The monoisotopic (exact) mass is 309 g/mol. The van der Waals surface area contributed by atoms with Crippen LogP contribution in [-0.2, 0) is 16.1 Å². The van der Waals surface area contributed by atoms with Gasteiger partial charge in [-0.3, -0.25) is 4.79 Å². The lowest BCUT2D eigenvalue weighted by Gasteiger charge is -2.30. The van der Waals surface area contributed by atoms with Gasteiger partial charge in [0.2, 0.25) is 5.91 Å². The van der Waals surface area contributed by atoms with Crippen LogP contribution in [0.3, 0.4) is 0 Å². The second-order valence-electron chi connectivity index (χ2n) is 5.46. The molecule has 0 bridgehead atoms. The first kappa shape index (κ1) is 17.6. The molecule has 0 aromatic heterocycles. The Labute approximate surface area is 131 Å². The number of aliphatic carboxylic acids is 1. The van der Waals surface area contributed by atoms with E-state index >= 15 is 0 Å². The highest BCUT2D eigenvalue weighted by Crippen LogP contribution is 2.17. The summed E-state index contributed by atoms with van der Waals surface area (Å²) in [6.07, 6.45) is 0.693. The van der Waals surface area contributed by atoms with E-state index in [0.717, 1.165) is 5.56 Å². The highest BCUT2D eigenvalue weighted by Gasteiger charge is 2.29. The van der Waals surface area contributed by atoms with Crippen LogP contribution in [-0.4, -0.2) is 33.7 Å². The van der Waals surface area contributed by atoms with E-state index < -0.39 is 12.0 Å². The van der Waals surface area contributed by atoms with Gasteiger partial charge in [0.05, 0.1) is 0 Å². The van der Waals surface area contributed by atoms with Crippen molar-refractivity contribution in [3.8, 4) is 0 Å². The molecule has 1 aromatic carbocycles. The van der Waals surface area contributed by atoms with Gasteiger partial charge in [0.25, 0.3) is 0 Å². The average molecular weight is 309 g/mol. The predicted octanol–water partition coefficient (Wildman–Crippen LogP) is 2.83. The third-order valence-electron chi connectivity index (χ3n) is 3.20. The molecule has 4 nitrogen and oxygen atoms in total. The van der Waals surface area contributed by atoms with Crippen LogP contribution in [0.2, 0.25) is 0 Å².